The predicted molar refractivity (Wildman–Crippen MR) is 244 cm³/mol. The molecule has 1 fully saturated rings. The van der Waals surface area contributed by atoms with Crippen molar-refractivity contribution in [2.75, 3.05) is 19.8 Å². The Labute approximate surface area is 370 Å². The highest BCUT2D eigenvalue weighted by atomic mass is 31.2. The van der Waals surface area contributed by atoms with Gasteiger partial charge in [-0.05, 0) is 38.5 Å². The van der Waals surface area contributed by atoms with Crippen molar-refractivity contribution in [1.29, 1.82) is 0 Å². The maximum Gasteiger partial charge on any atom is 0.472 e. The highest BCUT2D eigenvalue weighted by Gasteiger charge is 2.51. The Morgan fingerprint density at radius 3 is 1.44 bits per heavy atom. The van der Waals surface area contributed by atoms with E-state index in [2.05, 4.69) is 38.2 Å². The number of hydrogen-bond acceptors (Lipinski definition) is 11. The zero-order valence-electron chi connectivity index (χ0n) is 38.5. The molecule has 12 nitrogen and oxygen atoms in total. The summed E-state index contributed by atoms with van der Waals surface area (Å²) in [7, 11) is -5.02. The highest BCUT2D eigenvalue weighted by Crippen LogP contribution is 2.47. The zero-order valence-corrected chi connectivity index (χ0v) is 39.4. The molecule has 6 N–H and O–H groups in total. The van der Waals surface area contributed by atoms with Gasteiger partial charge in [-0.25, -0.2) is 4.57 Å². The van der Waals surface area contributed by atoms with Crippen LogP contribution in [0.4, 0.5) is 0 Å². The van der Waals surface area contributed by atoms with E-state index < -0.39 is 63.1 Å². The molecule has 1 rings (SSSR count). The standard InChI is InChI=1S/C48H91O12P/c1-3-5-7-9-11-13-15-17-19-20-21-22-23-24-25-27-29-31-33-35-37-42(49)59-41(39-57-38-36-34-32-30-28-26-18-16-14-12-10-8-6-4-2)40-58-61(55,56)60-48-46(53)44(51)43(50)45(52)47(48)54/h8,10,14,16,41,43-48,50-54H,3-7,9,11-13,15,17-40H2,1-2H3,(H,55,56)/b10-8-,16-14-. The largest absolute Gasteiger partial charge is 0.472 e. The Morgan fingerprint density at radius 2 is 0.951 bits per heavy atom. The van der Waals surface area contributed by atoms with Crippen molar-refractivity contribution in [2.24, 2.45) is 0 Å². The molecule has 6 atom stereocenters. The summed E-state index contributed by atoms with van der Waals surface area (Å²) in [6, 6.07) is 0. The normalized spacial score (nSPS) is 22.3. The average molecular weight is 891 g/mol. The lowest BCUT2D eigenvalue weighted by atomic mass is 9.85. The summed E-state index contributed by atoms with van der Waals surface area (Å²) in [4.78, 5) is 23.2. The van der Waals surface area contributed by atoms with Crippen LogP contribution in [0.5, 0.6) is 0 Å². The molecular weight excluding hydrogens is 799 g/mol. The molecule has 0 bridgehead atoms. The second kappa shape index (κ2) is 39.2. The van der Waals surface area contributed by atoms with Crippen LogP contribution in [0.2, 0.25) is 0 Å². The molecule has 0 amide bonds. The third kappa shape index (κ3) is 31.4. The third-order valence-corrected chi connectivity index (χ3v) is 12.5. The van der Waals surface area contributed by atoms with Gasteiger partial charge < -0.3 is 39.9 Å². The topological polar surface area (TPSA) is 192 Å². The van der Waals surface area contributed by atoms with Crippen LogP contribution in [0.1, 0.15) is 213 Å². The van der Waals surface area contributed by atoms with E-state index in [0.717, 1.165) is 64.2 Å². The van der Waals surface area contributed by atoms with Gasteiger partial charge in [-0.3, -0.25) is 13.8 Å². The molecule has 13 heteroatoms. The van der Waals surface area contributed by atoms with Crippen LogP contribution in [-0.4, -0.2) is 98.9 Å². The number of hydrogen-bond donors (Lipinski definition) is 6. The molecule has 0 aromatic rings. The Bertz CT molecular complexity index is 1110. The number of ether oxygens (including phenoxy) is 2. The van der Waals surface area contributed by atoms with Gasteiger partial charge in [0.25, 0.3) is 0 Å². The van der Waals surface area contributed by atoms with E-state index >= 15 is 0 Å². The van der Waals surface area contributed by atoms with Crippen LogP contribution >= 0.6 is 7.82 Å². The van der Waals surface area contributed by atoms with Crippen LogP contribution in [0.25, 0.3) is 0 Å². The van der Waals surface area contributed by atoms with Gasteiger partial charge in [-0.1, -0.05) is 192 Å². The van der Waals surface area contributed by atoms with Gasteiger partial charge in [-0.2, -0.15) is 0 Å². The summed E-state index contributed by atoms with van der Waals surface area (Å²) in [6.07, 6.45) is 32.5. The fraction of sp³-hybridized carbons (Fsp3) is 0.896. The summed E-state index contributed by atoms with van der Waals surface area (Å²) in [5, 5.41) is 50.2. The van der Waals surface area contributed by atoms with Crippen LogP contribution < -0.4 is 0 Å². The Balaban J connectivity index is 2.34. The predicted octanol–water partition coefficient (Wildman–Crippen LogP) is 10.5. The number of aliphatic hydroxyl groups excluding tert-OH is 5. The molecule has 0 saturated heterocycles. The summed E-state index contributed by atoms with van der Waals surface area (Å²) < 4.78 is 34.2. The van der Waals surface area contributed by atoms with Crippen molar-refractivity contribution >= 4 is 13.8 Å². The Hall–Kier alpha value is -1.18. The molecule has 0 heterocycles. The quantitative estimate of drug-likeness (QED) is 0.0147. The molecular formula is C48H91O12P. The van der Waals surface area contributed by atoms with Crippen molar-refractivity contribution in [3.63, 3.8) is 0 Å². The first-order chi connectivity index (χ1) is 29.5. The van der Waals surface area contributed by atoms with Gasteiger partial charge in [0.05, 0.1) is 13.2 Å². The molecule has 0 radical (unpaired) electrons. The van der Waals surface area contributed by atoms with E-state index in [4.69, 9.17) is 18.5 Å². The van der Waals surface area contributed by atoms with Crippen molar-refractivity contribution in [3.05, 3.63) is 24.3 Å². The number of aliphatic hydroxyl groups is 5. The van der Waals surface area contributed by atoms with Crippen LogP contribution in [0, 0.1) is 0 Å². The fourth-order valence-corrected chi connectivity index (χ4v) is 8.60. The number of carbonyl (C=O) groups is 1. The van der Waals surface area contributed by atoms with Gasteiger partial charge >= 0.3 is 13.8 Å². The molecule has 360 valence electrons. The SMILES string of the molecule is CCC/C=C\C/C=C\CCCCCCCCOCC(COP(=O)(O)OC1C(O)C(O)C(O)C(O)C1O)OC(=O)CCCCCCCCCCCCCCCCCCCCCC. The lowest BCUT2D eigenvalue weighted by Crippen LogP contribution is -2.64. The van der Waals surface area contributed by atoms with Gasteiger partial charge in [0, 0.05) is 13.0 Å². The van der Waals surface area contributed by atoms with Crippen LogP contribution in [-0.2, 0) is 27.9 Å². The zero-order chi connectivity index (χ0) is 44.8. The number of carbonyl (C=O) groups excluding carboxylic acids is 1. The van der Waals surface area contributed by atoms with Crippen LogP contribution in [0.3, 0.4) is 0 Å². The van der Waals surface area contributed by atoms with E-state index in [1.165, 1.54) is 122 Å². The molecule has 6 unspecified atom stereocenters. The maximum atomic E-state index is 12.8. The summed E-state index contributed by atoms with van der Waals surface area (Å²) in [5.74, 6) is -0.477. The number of rotatable bonds is 42. The maximum absolute atomic E-state index is 12.8. The molecule has 1 aliphatic carbocycles. The van der Waals surface area contributed by atoms with Gasteiger partial charge in [0.2, 0.25) is 0 Å². The summed E-state index contributed by atoms with van der Waals surface area (Å²) in [5.41, 5.74) is 0. The van der Waals surface area contributed by atoms with E-state index in [1.807, 2.05) is 0 Å². The lowest BCUT2D eigenvalue weighted by Gasteiger charge is -2.41. The molecule has 0 aromatic heterocycles. The lowest BCUT2D eigenvalue weighted by molar-refractivity contribution is -0.220. The van der Waals surface area contributed by atoms with Gasteiger partial charge in [0.15, 0.2) is 0 Å². The van der Waals surface area contributed by atoms with Crippen molar-refractivity contribution < 1.29 is 58.3 Å². The van der Waals surface area contributed by atoms with Crippen molar-refractivity contribution in [1.82, 2.24) is 0 Å². The minimum atomic E-state index is -5.02. The summed E-state index contributed by atoms with van der Waals surface area (Å²) >= 11 is 0. The first-order valence-corrected chi connectivity index (χ1v) is 26.2. The Morgan fingerprint density at radius 1 is 0.525 bits per heavy atom. The van der Waals surface area contributed by atoms with E-state index in [-0.39, 0.29) is 13.0 Å². The smallest absolute Gasteiger partial charge is 0.457 e. The monoisotopic (exact) mass is 891 g/mol. The number of esters is 1. The van der Waals surface area contributed by atoms with Crippen LogP contribution in [0.15, 0.2) is 24.3 Å². The molecule has 0 aromatic carbocycles. The van der Waals surface area contributed by atoms with E-state index in [0.29, 0.717) is 13.0 Å². The fourth-order valence-electron chi connectivity index (χ4n) is 7.63. The number of allylic oxidation sites excluding steroid dienone is 4. The minimum Gasteiger partial charge on any atom is -0.457 e. The average Bonchev–Trinajstić information content (AvgIpc) is 3.24. The van der Waals surface area contributed by atoms with Gasteiger partial charge in [-0.15, -0.1) is 0 Å². The third-order valence-electron chi connectivity index (χ3n) is 11.6. The number of unbranched alkanes of at least 4 members (excludes halogenated alkanes) is 26. The van der Waals surface area contributed by atoms with E-state index in [1.54, 1.807) is 0 Å². The first-order valence-electron chi connectivity index (χ1n) is 24.7. The molecule has 0 aliphatic heterocycles. The second-order valence-electron chi connectivity index (χ2n) is 17.3. The highest BCUT2D eigenvalue weighted by molar-refractivity contribution is 7.47. The van der Waals surface area contributed by atoms with E-state index in [9.17, 15) is 39.8 Å². The number of phosphoric ester groups is 1. The molecule has 1 aliphatic rings. The molecule has 1 saturated carbocycles. The van der Waals surface area contributed by atoms with Crippen molar-refractivity contribution in [2.45, 2.75) is 256 Å². The molecule has 0 spiro atoms. The molecule has 61 heavy (non-hydrogen) atoms. The Kier molecular flexibility index (Phi) is 37.2. The second-order valence-corrected chi connectivity index (χ2v) is 18.7. The first kappa shape index (κ1) is 57.8. The van der Waals surface area contributed by atoms with Crippen molar-refractivity contribution in [3.8, 4) is 0 Å². The minimum absolute atomic E-state index is 0.0801. The summed E-state index contributed by atoms with van der Waals surface area (Å²) in [6.45, 7) is 4.20. The van der Waals surface area contributed by atoms with Gasteiger partial charge in [0.1, 0.15) is 42.7 Å². The number of phosphoric acid groups is 1.